The van der Waals surface area contributed by atoms with Crippen LogP contribution in [0.1, 0.15) is 42.9 Å². The Morgan fingerprint density at radius 1 is 1.07 bits per heavy atom. The molecule has 0 saturated heterocycles. The summed E-state index contributed by atoms with van der Waals surface area (Å²) < 4.78 is 7.83. The zero-order valence-corrected chi connectivity index (χ0v) is 17.2. The molecule has 5 rings (SSSR count). The lowest BCUT2D eigenvalue weighted by atomic mass is 9.99. The molecule has 1 unspecified atom stereocenters. The molecule has 1 aliphatic heterocycles. The summed E-state index contributed by atoms with van der Waals surface area (Å²) in [6.45, 7) is 4.41. The minimum atomic E-state index is -0.244. The van der Waals surface area contributed by atoms with Crippen molar-refractivity contribution in [2.75, 3.05) is 7.05 Å². The van der Waals surface area contributed by atoms with Crippen LogP contribution >= 0.6 is 0 Å². The van der Waals surface area contributed by atoms with Crippen LogP contribution in [0.25, 0.3) is 16.3 Å². The Hall–Kier alpha value is -3.71. The number of carbonyl (C=O) groups excluding carboxylic acids is 1. The number of rotatable bonds is 4. The van der Waals surface area contributed by atoms with Gasteiger partial charge in [0.1, 0.15) is 24.6 Å². The van der Waals surface area contributed by atoms with Crippen molar-refractivity contribution < 1.29 is 14.1 Å². The summed E-state index contributed by atoms with van der Waals surface area (Å²) in [5, 5.41) is 11.6. The Morgan fingerprint density at radius 2 is 1.83 bits per heavy atom. The molecular weight excluding hydrogens is 372 g/mol. The normalized spacial score (nSPS) is 15.6. The number of fused-ring (bicyclic) bond motifs is 3. The zero-order chi connectivity index (χ0) is 21.0. The Labute approximate surface area is 175 Å². The van der Waals surface area contributed by atoms with Crippen molar-refractivity contribution in [2.24, 2.45) is 0 Å². The van der Waals surface area contributed by atoms with E-state index in [1.807, 2.05) is 42.5 Å². The van der Waals surface area contributed by atoms with E-state index in [1.165, 1.54) is 5.56 Å². The number of likely N-dealkylation sites (N-methyl/N-ethyl adjacent to an activating group) is 1. The molecular formula is C26H21N2O2+. The van der Waals surface area contributed by atoms with Gasteiger partial charge in [-0.2, -0.15) is 9.84 Å². The van der Waals surface area contributed by atoms with Gasteiger partial charge >= 0.3 is 5.91 Å². The van der Waals surface area contributed by atoms with Crippen molar-refractivity contribution in [1.82, 2.24) is 0 Å². The predicted octanol–water partition coefficient (Wildman–Crippen LogP) is 5.41. The van der Waals surface area contributed by atoms with Gasteiger partial charge in [0, 0.05) is 10.8 Å². The quantitative estimate of drug-likeness (QED) is 0.557. The van der Waals surface area contributed by atoms with E-state index in [1.54, 1.807) is 11.6 Å². The Kier molecular flexibility index (Phi) is 4.08. The SMILES string of the molecule is CCC(C)c1ccc(Oc2ccc3c4c(cccc24)C2=C(C#N)C(=O)[N+](C)=C23)cc1. The van der Waals surface area contributed by atoms with Crippen LogP contribution in [0.15, 0.2) is 60.2 Å². The van der Waals surface area contributed by atoms with Crippen molar-refractivity contribution >= 4 is 28.0 Å². The molecule has 0 bridgehead atoms. The summed E-state index contributed by atoms with van der Waals surface area (Å²) in [6, 6.07) is 20.3. The van der Waals surface area contributed by atoms with E-state index in [0.717, 1.165) is 51.1 Å². The molecule has 146 valence electrons. The van der Waals surface area contributed by atoms with Crippen LogP contribution in [0.5, 0.6) is 11.5 Å². The third-order valence-corrected chi connectivity index (χ3v) is 6.27. The molecule has 30 heavy (non-hydrogen) atoms. The molecule has 0 N–H and O–H groups in total. The molecule has 4 nitrogen and oxygen atoms in total. The number of carbonyl (C=O) groups is 1. The van der Waals surface area contributed by atoms with E-state index >= 15 is 0 Å². The van der Waals surface area contributed by atoms with Crippen LogP contribution in [-0.4, -0.2) is 23.2 Å². The number of amides is 1. The van der Waals surface area contributed by atoms with Crippen LogP contribution in [0.4, 0.5) is 0 Å². The second-order valence-electron chi connectivity index (χ2n) is 7.89. The molecule has 0 spiro atoms. The van der Waals surface area contributed by atoms with E-state index in [9.17, 15) is 10.1 Å². The third-order valence-electron chi connectivity index (χ3n) is 6.27. The first-order valence-electron chi connectivity index (χ1n) is 10.2. The minimum absolute atomic E-state index is 0.208. The third kappa shape index (κ3) is 2.45. The lowest BCUT2D eigenvalue weighted by Gasteiger charge is -2.12. The van der Waals surface area contributed by atoms with E-state index in [4.69, 9.17) is 4.74 Å². The van der Waals surface area contributed by atoms with Gasteiger partial charge in [0.05, 0.1) is 11.1 Å². The van der Waals surface area contributed by atoms with Crippen LogP contribution in [0.3, 0.4) is 0 Å². The van der Waals surface area contributed by atoms with Gasteiger partial charge in [-0.15, -0.1) is 0 Å². The van der Waals surface area contributed by atoms with Gasteiger partial charge in [-0.25, -0.2) is 4.79 Å². The smallest absolute Gasteiger partial charge is 0.431 e. The molecule has 1 heterocycles. The minimum Gasteiger partial charge on any atom is -0.457 e. The highest BCUT2D eigenvalue weighted by Crippen LogP contribution is 2.45. The van der Waals surface area contributed by atoms with Crippen LogP contribution in [-0.2, 0) is 4.79 Å². The molecule has 3 aromatic rings. The summed E-state index contributed by atoms with van der Waals surface area (Å²) in [7, 11) is 1.73. The molecule has 1 aliphatic carbocycles. The highest BCUT2D eigenvalue weighted by molar-refractivity contribution is 6.46. The van der Waals surface area contributed by atoms with E-state index < -0.39 is 0 Å². The number of nitriles is 1. The molecule has 1 amide bonds. The molecule has 0 radical (unpaired) electrons. The van der Waals surface area contributed by atoms with E-state index in [0.29, 0.717) is 5.92 Å². The molecule has 1 atom stereocenters. The van der Waals surface area contributed by atoms with Crippen molar-refractivity contribution in [3.05, 3.63) is 76.9 Å². The molecule has 0 aromatic heterocycles. The first-order chi connectivity index (χ1) is 14.5. The summed E-state index contributed by atoms with van der Waals surface area (Å²) in [5.74, 6) is 1.83. The largest absolute Gasteiger partial charge is 0.457 e. The van der Waals surface area contributed by atoms with Gasteiger partial charge in [0.25, 0.3) is 0 Å². The number of hydrogen-bond acceptors (Lipinski definition) is 3. The average molecular weight is 393 g/mol. The first-order valence-corrected chi connectivity index (χ1v) is 10.2. The van der Waals surface area contributed by atoms with Gasteiger partial charge in [-0.1, -0.05) is 44.2 Å². The standard InChI is InChI=1S/C26H21N2O2/c1-4-15(2)16-8-10-17(11-9-16)30-22-13-12-20-23-18(22)6-5-7-19(23)24-21(14-27)26(29)28(3)25(20)24/h5-13,15H,4H2,1-3H3/q+1. The number of ether oxygens (including phenoxy) is 1. The number of benzene rings is 3. The number of nitrogens with zero attached hydrogens (tertiary/aromatic N) is 2. The van der Waals surface area contributed by atoms with Crippen molar-refractivity contribution in [3.8, 4) is 17.6 Å². The number of allylic oxidation sites excluding steroid dienone is 1. The lowest BCUT2D eigenvalue weighted by Crippen LogP contribution is -2.17. The highest BCUT2D eigenvalue weighted by atomic mass is 16.5. The van der Waals surface area contributed by atoms with E-state index in [2.05, 4.69) is 32.0 Å². The Balaban J connectivity index is 1.63. The van der Waals surface area contributed by atoms with Gasteiger partial charge in [-0.05, 0) is 47.7 Å². The van der Waals surface area contributed by atoms with Crippen molar-refractivity contribution in [3.63, 3.8) is 0 Å². The second-order valence-corrected chi connectivity index (χ2v) is 7.89. The Bertz CT molecular complexity index is 1340. The maximum Gasteiger partial charge on any atom is 0.431 e. The van der Waals surface area contributed by atoms with Gasteiger partial charge in [-0.3, -0.25) is 0 Å². The maximum absolute atomic E-state index is 12.5. The Morgan fingerprint density at radius 3 is 2.53 bits per heavy atom. The van der Waals surface area contributed by atoms with Gasteiger partial charge in [0.2, 0.25) is 5.71 Å². The maximum atomic E-state index is 12.5. The first kappa shape index (κ1) is 18.3. The summed E-state index contributed by atoms with van der Waals surface area (Å²) >= 11 is 0. The topological polar surface area (TPSA) is 53.1 Å². The van der Waals surface area contributed by atoms with Crippen LogP contribution < -0.4 is 4.74 Å². The second kappa shape index (κ2) is 6.67. The monoisotopic (exact) mass is 393 g/mol. The molecule has 0 saturated carbocycles. The molecule has 3 aromatic carbocycles. The predicted molar refractivity (Wildman–Crippen MR) is 117 cm³/mol. The van der Waals surface area contributed by atoms with E-state index in [-0.39, 0.29) is 11.5 Å². The molecule has 2 aliphatic rings. The molecule has 4 heteroatoms. The van der Waals surface area contributed by atoms with Gasteiger partial charge < -0.3 is 4.74 Å². The fourth-order valence-electron chi connectivity index (χ4n) is 4.45. The zero-order valence-electron chi connectivity index (χ0n) is 17.2. The number of hydrogen-bond donors (Lipinski definition) is 0. The summed E-state index contributed by atoms with van der Waals surface area (Å²) in [4.78, 5) is 12.5. The summed E-state index contributed by atoms with van der Waals surface area (Å²) in [6.07, 6.45) is 1.10. The summed E-state index contributed by atoms with van der Waals surface area (Å²) in [5.41, 5.74) is 4.95. The fourth-order valence-corrected chi connectivity index (χ4v) is 4.45. The van der Waals surface area contributed by atoms with Crippen LogP contribution in [0.2, 0.25) is 0 Å². The average Bonchev–Trinajstić information content (AvgIpc) is 3.23. The fraction of sp³-hybridized carbons (Fsp3) is 0.192. The van der Waals surface area contributed by atoms with Crippen molar-refractivity contribution in [1.29, 1.82) is 5.26 Å². The van der Waals surface area contributed by atoms with Crippen molar-refractivity contribution in [2.45, 2.75) is 26.2 Å². The highest BCUT2D eigenvalue weighted by Gasteiger charge is 2.45. The molecule has 0 fully saturated rings. The lowest BCUT2D eigenvalue weighted by molar-refractivity contribution is -0.409. The van der Waals surface area contributed by atoms with Crippen LogP contribution in [0, 0.1) is 11.3 Å². The van der Waals surface area contributed by atoms with Gasteiger partial charge in [0.15, 0.2) is 5.57 Å².